The van der Waals surface area contributed by atoms with Gasteiger partial charge in [-0.1, -0.05) is 0 Å². The second-order valence-electron chi connectivity index (χ2n) is 3.11. The molecule has 9 heteroatoms. The van der Waals surface area contributed by atoms with Crippen molar-refractivity contribution in [2.45, 2.75) is 17.1 Å². The Morgan fingerprint density at radius 3 is 2.71 bits per heavy atom. The third kappa shape index (κ3) is 2.33. The fraction of sp³-hybridized carbons (Fsp3) is 0.125. The van der Waals surface area contributed by atoms with Crippen LogP contribution in [0.25, 0.3) is 0 Å². The number of hydrogen-bond donors (Lipinski definition) is 1. The highest BCUT2D eigenvalue weighted by molar-refractivity contribution is 7.99. The lowest BCUT2D eigenvalue weighted by atomic mass is 10.4. The minimum atomic E-state index is -0.503. The van der Waals surface area contributed by atoms with Crippen LogP contribution in [0.4, 0.5) is 5.69 Å². The molecular formula is C8H8N6O2S. The van der Waals surface area contributed by atoms with Crippen LogP contribution in [0.5, 0.6) is 0 Å². The smallest absolute Gasteiger partial charge is 0.287 e. The maximum Gasteiger partial charge on any atom is 0.287 e. The number of nitrogens with zero attached hydrogens (tertiary/aromatic N) is 5. The predicted octanol–water partition coefficient (Wildman–Crippen LogP) is 0.755. The van der Waals surface area contributed by atoms with Crippen molar-refractivity contribution in [3.05, 3.63) is 34.3 Å². The molecule has 0 bridgehead atoms. The first-order chi connectivity index (χ1) is 8.08. The summed E-state index contributed by atoms with van der Waals surface area (Å²) in [6.45, 7) is 1.72. The first-order valence-electron chi connectivity index (χ1n) is 4.53. The second-order valence-corrected chi connectivity index (χ2v) is 4.10. The minimum absolute atomic E-state index is 0.0558. The minimum Gasteiger partial charge on any atom is -0.336 e. The molecule has 8 nitrogen and oxygen atoms in total. The summed E-state index contributed by atoms with van der Waals surface area (Å²) < 4.78 is 1.33. The summed E-state index contributed by atoms with van der Waals surface area (Å²) in [4.78, 5) is 13.9. The number of nitrogens with two attached hydrogens (primary N) is 1. The van der Waals surface area contributed by atoms with Crippen molar-refractivity contribution in [3.8, 4) is 0 Å². The van der Waals surface area contributed by atoms with Gasteiger partial charge in [-0.2, -0.15) is 0 Å². The third-order valence-electron chi connectivity index (χ3n) is 1.96. The Balaban J connectivity index is 2.19. The van der Waals surface area contributed by atoms with E-state index in [0.717, 1.165) is 0 Å². The van der Waals surface area contributed by atoms with E-state index in [4.69, 9.17) is 5.84 Å². The average Bonchev–Trinajstić information content (AvgIpc) is 2.62. The Bertz CT molecular complexity index is 552. The molecule has 2 aromatic rings. The molecule has 0 aliphatic carbocycles. The largest absolute Gasteiger partial charge is 0.336 e. The van der Waals surface area contributed by atoms with E-state index in [-0.39, 0.29) is 5.69 Å². The van der Waals surface area contributed by atoms with Crippen LogP contribution in [0.3, 0.4) is 0 Å². The number of nitro groups is 1. The SMILES string of the molecule is Cc1nnc(Sc2ccc([N+](=O)[O-])cn2)n1N. The molecule has 0 fully saturated rings. The lowest BCUT2D eigenvalue weighted by Crippen LogP contribution is -2.11. The molecule has 0 amide bonds. The quantitative estimate of drug-likeness (QED) is 0.487. The summed E-state index contributed by atoms with van der Waals surface area (Å²) in [7, 11) is 0. The highest BCUT2D eigenvalue weighted by Crippen LogP contribution is 2.24. The second kappa shape index (κ2) is 4.37. The van der Waals surface area contributed by atoms with Gasteiger partial charge >= 0.3 is 0 Å². The molecule has 0 aliphatic heterocycles. The zero-order valence-corrected chi connectivity index (χ0v) is 9.59. The van der Waals surface area contributed by atoms with Gasteiger partial charge in [-0.05, 0) is 24.8 Å². The fourth-order valence-corrected chi connectivity index (χ4v) is 1.79. The van der Waals surface area contributed by atoms with E-state index in [0.29, 0.717) is 16.0 Å². The van der Waals surface area contributed by atoms with Crippen LogP contribution in [0.2, 0.25) is 0 Å². The van der Waals surface area contributed by atoms with Crippen LogP contribution in [0.15, 0.2) is 28.5 Å². The topological polar surface area (TPSA) is 113 Å². The van der Waals surface area contributed by atoms with Crippen LogP contribution >= 0.6 is 11.8 Å². The molecule has 0 aromatic carbocycles. The van der Waals surface area contributed by atoms with Gasteiger partial charge in [0, 0.05) is 6.07 Å². The number of nitrogen functional groups attached to an aromatic ring is 1. The van der Waals surface area contributed by atoms with Crippen molar-refractivity contribution in [1.29, 1.82) is 0 Å². The van der Waals surface area contributed by atoms with Crippen LogP contribution in [0, 0.1) is 17.0 Å². The summed E-state index contributed by atoms with van der Waals surface area (Å²) >= 11 is 1.19. The van der Waals surface area contributed by atoms with Gasteiger partial charge in [0.1, 0.15) is 17.0 Å². The van der Waals surface area contributed by atoms with Gasteiger partial charge in [-0.3, -0.25) is 10.1 Å². The van der Waals surface area contributed by atoms with Crippen LogP contribution in [-0.4, -0.2) is 24.8 Å². The molecule has 0 saturated carbocycles. The van der Waals surface area contributed by atoms with Crippen molar-refractivity contribution < 1.29 is 4.92 Å². The molecule has 2 N–H and O–H groups in total. The maximum atomic E-state index is 10.4. The molecule has 2 aromatic heterocycles. The Morgan fingerprint density at radius 2 is 2.24 bits per heavy atom. The van der Waals surface area contributed by atoms with Crippen molar-refractivity contribution in [2.24, 2.45) is 0 Å². The van der Waals surface area contributed by atoms with Crippen molar-refractivity contribution in [3.63, 3.8) is 0 Å². The van der Waals surface area contributed by atoms with Crippen LogP contribution < -0.4 is 5.84 Å². The van der Waals surface area contributed by atoms with Gasteiger partial charge in [0.15, 0.2) is 0 Å². The highest BCUT2D eigenvalue weighted by atomic mass is 32.2. The van der Waals surface area contributed by atoms with E-state index >= 15 is 0 Å². The summed E-state index contributed by atoms with van der Waals surface area (Å²) in [6, 6.07) is 2.91. The van der Waals surface area contributed by atoms with E-state index in [2.05, 4.69) is 15.2 Å². The van der Waals surface area contributed by atoms with Gasteiger partial charge < -0.3 is 5.84 Å². The van der Waals surface area contributed by atoms with Crippen molar-refractivity contribution >= 4 is 17.4 Å². The Kier molecular flexibility index (Phi) is 2.91. The Labute approximate surface area is 100.0 Å². The molecule has 0 atom stereocenters. The lowest BCUT2D eigenvalue weighted by Gasteiger charge is -2.00. The maximum absolute atomic E-state index is 10.4. The third-order valence-corrected chi connectivity index (χ3v) is 2.87. The summed E-state index contributed by atoms with van der Waals surface area (Å²) in [6.07, 6.45) is 1.19. The van der Waals surface area contributed by atoms with Gasteiger partial charge in [0.2, 0.25) is 5.16 Å². The molecule has 88 valence electrons. The zero-order chi connectivity index (χ0) is 12.4. The van der Waals surface area contributed by atoms with E-state index in [1.54, 1.807) is 6.92 Å². The first-order valence-corrected chi connectivity index (χ1v) is 5.35. The van der Waals surface area contributed by atoms with E-state index in [1.807, 2.05) is 0 Å². The van der Waals surface area contributed by atoms with E-state index < -0.39 is 4.92 Å². The molecular weight excluding hydrogens is 244 g/mol. The Morgan fingerprint density at radius 1 is 1.47 bits per heavy atom. The van der Waals surface area contributed by atoms with Gasteiger partial charge in [0.25, 0.3) is 5.69 Å². The summed E-state index contributed by atoms with van der Waals surface area (Å²) in [5, 5.41) is 19.1. The lowest BCUT2D eigenvalue weighted by molar-refractivity contribution is -0.385. The Hall–Kier alpha value is -2.16. The predicted molar refractivity (Wildman–Crippen MR) is 59.9 cm³/mol. The van der Waals surface area contributed by atoms with Gasteiger partial charge in [-0.15, -0.1) is 10.2 Å². The fourth-order valence-electron chi connectivity index (χ4n) is 1.05. The van der Waals surface area contributed by atoms with Crippen molar-refractivity contribution in [2.75, 3.05) is 5.84 Å². The molecule has 0 aliphatic rings. The summed E-state index contributed by atoms with van der Waals surface area (Å²) in [5.74, 6) is 6.24. The van der Waals surface area contributed by atoms with Crippen LogP contribution in [0.1, 0.15) is 5.82 Å². The molecule has 0 saturated heterocycles. The molecule has 2 rings (SSSR count). The van der Waals surface area contributed by atoms with E-state index in [1.165, 1.54) is 34.8 Å². The number of aryl methyl sites for hydroxylation is 1. The first kappa shape index (κ1) is 11.3. The molecule has 0 spiro atoms. The molecule has 17 heavy (non-hydrogen) atoms. The number of pyridine rings is 1. The number of rotatable bonds is 3. The normalized spacial score (nSPS) is 10.4. The zero-order valence-electron chi connectivity index (χ0n) is 8.77. The number of aromatic nitrogens is 4. The average molecular weight is 252 g/mol. The molecule has 0 unspecified atom stereocenters. The standard InChI is InChI=1S/C8H8N6O2S/c1-5-11-12-8(13(5)9)17-7-3-2-6(4-10-7)14(15)16/h2-4H,9H2,1H3. The summed E-state index contributed by atoms with van der Waals surface area (Å²) in [5.41, 5.74) is -0.0558. The monoisotopic (exact) mass is 252 g/mol. The number of hydrogen-bond acceptors (Lipinski definition) is 7. The van der Waals surface area contributed by atoms with Gasteiger partial charge in [0.05, 0.1) is 4.92 Å². The van der Waals surface area contributed by atoms with Crippen molar-refractivity contribution in [1.82, 2.24) is 19.9 Å². The molecule has 0 radical (unpaired) electrons. The highest BCUT2D eigenvalue weighted by Gasteiger charge is 2.10. The van der Waals surface area contributed by atoms with Gasteiger partial charge in [-0.25, -0.2) is 9.66 Å². The van der Waals surface area contributed by atoms with Crippen LogP contribution in [-0.2, 0) is 0 Å². The van der Waals surface area contributed by atoms with E-state index in [9.17, 15) is 10.1 Å². The molecule has 2 heterocycles.